The molecule has 1 aliphatic rings. The second-order valence-corrected chi connectivity index (χ2v) is 4.88. The van der Waals surface area contributed by atoms with Crippen molar-refractivity contribution in [1.82, 2.24) is 0 Å². The molecule has 2 atom stereocenters. The monoisotopic (exact) mass is 156 g/mol. The van der Waals surface area contributed by atoms with Crippen LogP contribution in [0.2, 0.25) is 0 Å². The summed E-state index contributed by atoms with van der Waals surface area (Å²) in [6, 6.07) is 0. The number of hydrogen-bond acceptors (Lipinski definition) is 1. The molecule has 1 N–H and O–H groups in total. The highest BCUT2D eigenvalue weighted by molar-refractivity contribution is 4.91. The van der Waals surface area contributed by atoms with Crippen molar-refractivity contribution in [3.63, 3.8) is 0 Å². The third kappa shape index (κ3) is 1.58. The molecular weight excluding hydrogens is 136 g/mol. The lowest BCUT2D eigenvalue weighted by molar-refractivity contribution is 0.0312. The Morgan fingerprint density at radius 2 is 1.91 bits per heavy atom. The predicted molar refractivity (Wildman–Crippen MR) is 47.3 cm³/mol. The van der Waals surface area contributed by atoms with Gasteiger partial charge in [0.05, 0.1) is 6.10 Å². The highest BCUT2D eigenvalue weighted by atomic mass is 16.3. The molecule has 11 heavy (non-hydrogen) atoms. The van der Waals surface area contributed by atoms with E-state index in [9.17, 15) is 5.11 Å². The smallest absolute Gasteiger partial charge is 0.0621 e. The van der Waals surface area contributed by atoms with Gasteiger partial charge in [0.25, 0.3) is 0 Å². The summed E-state index contributed by atoms with van der Waals surface area (Å²) < 4.78 is 0. The molecule has 0 aliphatic heterocycles. The van der Waals surface area contributed by atoms with Crippen LogP contribution in [0.4, 0.5) is 0 Å². The van der Waals surface area contributed by atoms with Gasteiger partial charge in [-0.2, -0.15) is 0 Å². The first-order chi connectivity index (χ1) is 4.95. The standard InChI is InChI=1S/C10H20O/c1-7(2)8-5-6-10(3,4)9(8)11/h7-9,11H,5-6H2,1-4H3. The molecule has 0 heterocycles. The summed E-state index contributed by atoms with van der Waals surface area (Å²) in [5.74, 6) is 1.16. The summed E-state index contributed by atoms with van der Waals surface area (Å²) in [6.07, 6.45) is 2.30. The fourth-order valence-electron chi connectivity index (χ4n) is 2.12. The van der Waals surface area contributed by atoms with Gasteiger partial charge in [-0.05, 0) is 30.1 Å². The fourth-order valence-corrected chi connectivity index (χ4v) is 2.12. The molecule has 1 saturated carbocycles. The lowest BCUT2D eigenvalue weighted by Gasteiger charge is -2.27. The molecule has 0 aromatic heterocycles. The second kappa shape index (κ2) is 2.78. The van der Waals surface area contributed by atoms with Crippen LogP contribution in [0.5, 0.6) is 0 Å². The van der Waals surface area contributed by atoms with Crippen LogP contribution in [0.1, 0.15) is 40.5 Å². The van der Waals surface area contributed by atoms with Gasteiger partial charge in [0.1, 0.15) is 0 Å². The highest BCUT2D eigenvalue weighted by Crippen LogP contribution is 2.44. The van der Waals surface area contributed by atoms with E-state index in [1.54, 1.807) is 0 Å². The Bertz CT molecular complexity index is 138. The van der Waals surface area contributed by atoms with E-state index in [4.69, 9.17) is 0 Å². The predicted octanol–water partition coefficient (Wildman–Crippen LogP) is 2.44. The minimum atomic E-state index is -0.0810. The van der Waals surface area contributed by atoms with Crippen molar-refractivity contribution in [3.05, 3.63) is 0 Å². The molecule has 0 bridgehead atoms. The van der Waals surface area contributed by atoms with Crippen LogP contribution in [0.25, 0.3) is 0 Å². The summed E-state index contributed by atoms with van der Waals surface area (Å²) in [7, 11) is 0. The first-order valence-electron chi connectivity index (χ1n) is 4.63. The van der Waals surface area contributed by atoms with Gasteiger partial charge in [0.15, 0.2) is 0 Å². The van der Waals surface area contributed by atoms with Crippen molar-refractivity contribution >= 4 is 0 Å². The third-order valence-electron chi connectivity index (χ3n) is 3.18. The van der Waals surface area contributed by atoms with Crippen LogP contribution in [0.3, 0.4) is 0 Å². The fraction of sp³-hybridized carbons (Fsp3) is 1.00. The van der Waals surface area contributed by atoms with Crippen molar-refractivity contribution in [2.45, 2.75) is 46.6 Å². The van der Waals surface area contributed by atoms with Crippen LogP contribution >= 0.6 is 0 Å². The van der Waals surface area contributed by atoms with Gasteiger partial charge in [-0.25, -0.2) is 0 Å². The van der Waals surface area contributed by atoms with E-state index >= 15 is 0 Å². The van der Waals surface area contributed by atoms with Gasteiger partial charge in [-0.15, -0.1) is 0 Å². The number of aliphatic hydroxyl groups excluding tert-OH is 1. The molecule has 66 valence electrons. The van der Waals surface area contributed by atoms with Crippen LogP contribution in [-0.4, -0.2) is 11.2 Å². The van der Waals surface area contributed by atoms with Crippen LogP contribution in [-0.2, 0) is 0 Å². The Balaban J connectivity index is 2.63. The van der Waals surface area contributed by atoms with Crippen LogP contribution < -0.4 is 0 Å². The lowest BCUT2D eigenvalue weighted by atomic mass is 9.84. The van der Waals surface area contributed by atoms with Crippen LogP contribution in [0.15, 0.2) is 0 Å². The summed E-state index contributed by atoms with van der Waals surface area (Å²) in [5.41, 5.74) is 0.162. The second-order valence-electron chi connectivity index (χ2n) is 4.88. The van der Waals surface area contributed by atoms with Crippen molar-refractivity contribution in [2.75, 3.05) is 0 Å². The highest BCUT2D eigenvalue weighted by Gasteiger charge is 2.41. The summed E-state index contributed by atoms with van der Waals surface area (Å²) in [5, 5.41) is 9.89. The topological polar surface area (TPSA) is 20.2 Å². The Kier molecular flexibility index (Phi) is 2.29. The minimum absolute atomic E-state index is 0.0810. The van der Waals surface area contributed by atoms with Crippen molar-refractivity contribution in [2.24, 2.45) is 17.3 Å². The van der Waals surface area contributed by atoms with Crippen molar-refractivity contribution in [3.8, 4) is 0 Å². The Morgan fingerprint density at radius 1 is 1.36 bits per heavy atom. The quantitative estimate of drug-likeness (QED) is 0.618. The molecule has 1 rings (SSSR count). The maximum atomic E-state index is 9.89. The molecule has 2 unspecified atom stereocenters. The van der Waals surface area contributed by atoms with Gasteiger partial charge in [-0.1, -0.05) is 27.7 Å². The molecule has 1 fully saturated rings. The maximum absolute atomic E-state index is 9.89. The Morgan fingerprint density at radius 3 is 2.09 bits per heavy atom. The molecule has 0 aromatic rings. The molecule has 0 radical (unpaired) electrons. The van der Waals surface area contributed by atoms with E-state index < -0.39 is 0 Å². The van der Waals surface area contributed by atoms with Gasteiger partial charge < -0.3 is 5.11 Å². The molecular formula is C10H20O. The minimum Gasteiger partial charge on any atom is -0.392 e. The molecule has 0 amide bonds. The lowest BCUT2D eigenvalue weighted by Crippen LogP contribution is -2.30. The average Bonchev–Trinajstić information content (AvgIpc) is 2.09. The van der Waals surface area contributed by atoms with Crippen molar-refractivity contribution in [1.29, 1.82) is 0 Å². The maximum Gasteiger partial charge on any atom is 0.0621 e. The third-order valence-corrected chi connectivity index (χ3v) is 3.18. The number of rotatable bonds is 1. The van der Waals surface area contributed by atoms with Gasteiger partial charge in [0, 0.05) is 0 Å². The normalized spacial score (nSPS) is 36.5. The first kappa shape index (κ1) is 9.05. The first-order valence-corrected chi connectivity index (χ1v) is 4.63. The van der Waals surface area contributed by atoms with E-state index in [-0.39, 0.29) is 11.5 Å². The van der Waals surface area contributed by atoms with Gasteiger partial charge in [0.2, 0.25) is 0 Å². The molecule has 1 nitrogen and oxygen atoms in total. The zero-order chi connectivity index (χ0) is 8.65. The van der Waals surface area contributed by atoms with Crippen LogP contribution in [0, 0.1) is 17.3 Å². The van der Waals surface area contributed by atoms with E-state index in [1.807, 2.05) is 0 Å². The molecule has 0 saturated heterocycles. The van der Waals surface area contributed by atoms with E-state index in [2.05, 4.69) is 27.7 Å². The summed E-state index contributed by atoms with van der Waals surface area (Å²) in [4.78, 5) is 0. The number of hydrogen-bond donors (Lipinski definition) is 1. The SMILES string of the molecule is CC(C)C1CCC(C)(C)C1O. The Labute approximate surface area is 69.8 Å². The molecule has 1 heteroatoms. The zero-order valence-electron chi connectivity index (χ0n) is 8.09. The average molecular weight is 156 g/mol. The van der Waals surface area contributed by atoms with E-state index in [0.29, 0.717) is 11.8 Å². The van der Waals surface area contributed by atoms with Crippen molar-refractivity contribution < 1.29 is 5.11 Å². The van der Waals surface area contributed by atoms with Gasteiger partial charge in [-0.3, -0.25) is 0 Å². The molecule has 1 aliphatic carbocycles. The van der Waals surface area contributed by atoms with E-state index in [0.717, 1.165) is 0 Å². The molecule has 0 aromatic carbocycles. The molecule has 0 spiro atoms. The summed E-state index contributed by atoms with van der Waals surface area (Å²) in [6.45, 7) is 8.74. The van der Waals surface area contributed by atoms with E-state index in [1.165, 1.54) is 12.8 Å². The summed E-state index contributed by atoms with van der Waals surface area (Å²) >= 11 is 0. The largest absolute Gasteiger partial charge is 0.392 e. The Hall–Kier alpha value is -0.0400. The number of aliphatic hydroxyl groups is 1. The van der Waals surface area contributed by atoms with Gasteiger partial charge >= 0.3 is 0 Å². The zero-order valence-corrected chi connectivity index (χ0v) is 8.09.